The van der Waals surface area contributed by atoms with Crippen LogP contribution in [0, 0.1) is 5.41 Å². The molecule has 3 aliphatic rings. The molecule has 0 unspecified atom stereocenters. The molecule has 2 saturated heterocycles. The minimum atomic E-state index is -3.04. The Kier molecular flexibility index (Phi) is 4.99. The van der Waals surface area contributed by atoms with Crippen LogP contribution in [0.4, 0.5) is 13.6 Å². The van der Waals surface area contributed by atoms with Crippen molar-refractivity contribution >= 4 is 12.1 Å². The van der Waals surface area contributed by atoms with Crippen molar-refractivity contribution in [3.63, 3.8) is 0 Å². The molecule has 1 aliphatic carbocycles. The van der Waals surface area contributed by atoms with Crippen molar-refractivity contribution in [2.45, 2.75) is 63.6 Å². The number of ether oxygens (including phenoxy) is 2. The van der Waals surface area contributed by atoms with E-state index < -0.39 is 41.7 Å². The number of carbonyl (C=O) groups is 2. The van der Waals surface area contributed by atoms with Crippen LogP contribution in [0.15, 0.2) is 12.7 Å². The van der Waals surface area contributed by atoms with Crippen LogP contribution in [0.2, 0.25) is 0 Å². The number of likely N-dealkylation sites (tertiary alicyclic amines) is 2. The maximum atomic E-state index is 14.8. The highest BCUT2D eigenvalue weighted by atomic mass is 19.3. The van der Waals surface area contributed by atoms with Crippen molar-refractivity contribution in [3.8, 4) is 0 Å². The zero-order valence-corrected chi connectivity index (χ0v) is 16.2. The lowest BCUT2D eigenvalue weighted by Crippen LogP contribution is -2.48. The number of halogens is 2. The van der Waals surface area contributed by atoms with Gasteiger partial charge >= 0.3 is 12.1 Å². The van der Waals surface area contributed by atoms with Gasteiger partial charge in [-0.1, -0.05) is 12.7 Å². The van der Waals surface area contributed by atoms with Gasteiger partial charge in [-0.05, 0) is 40.0 Å². The van der Waals surface area contributed by atoms with E-state index in [4.69, 9.17) is 9.47 Å². The topological polar surface area (TPSA) is 59.1 Å². The molecule has 3 rings (SSSR count). The van der Waals surface area contributed by atoms with E-state index in [0.29, 0.717) is 25.8 Å². The number of hydrogen-bond acceptors (Lipinski definition) is 5. The van der Waals surface area contributed by atoms with Gasteiger partial charge in [0.2, 0.25) is 0 Å². The number of hydrogen-bond donors (Lipinski definition) is 0. The first-order valence-corrected chi connectivity index (χ1v) is 9.39. The molecule has 3 fully saturated rings. The van der Waals surface area contributed by atoms with E-state index in [1.807, 2.05) is 0 Å². The second kappa shape index (κ2) is 6.72. The highest BCUT2D eigenvalue weighted by molar-refractivity contribution is 5.80. The molecule has 8 heteroatoms. The predicted molar refractivity (Wildman–Crippen MR) is 94.5 cm³/mol. The lowest BCUT2D eigenvalue weighted by Gasteiger charge is -2.30. The SMILES string of the molecule is C=CCOC(=O)C1(CN2CC[C@H]3[C@@H]2C(F)(F)CN3C(=O)OC(C)(C)C)CC1. The van der Waals surface area contributed by atoms with Gasteiger partial charge in [0.1, 0.15) is 12.2 Å². The van der Waals surface area contributed by atoms with Gasteiger partial charge in [0, 0.05) is 13.1 Å². The summed E-state index contributed by atoms with van der Waals surface area (Å²) < 4.78 is 40.0. The number of fused-ring (bicyclic) bond motifs is 1. The van der Waals surface area contributed by atoms with Crippen molar-refractivity contribution in [3.05, 3.63) is 12.7 Å². The predicted octanol–water partition coefficient (Wildman–Crippen LogP) is 2.82. The van der Waals surface area contributed by atoms with Gasteiger partial charge in [-0.15, -0.1) is 0 Å². The molecular weight excluding hydrogens is 358 g/mol. The van der Waals surface area contributed by atoms with Crippen molar-refractivity contribution < 1.29 is 27.8 Å². The normalized spacial score (nSPS) is 28.6. The molecular formula is C19H28F2N2O4. The number of nitrogens with zero attached hydrogens (tertiary/aromatic N) is 2. The third-order valence-corrected chi connectivity index (χ3v) is 5.44. The summed E-state index contributed by atoms with van der Waals surface area (Å²) in [6, 6.07) is -1.69. The molecule has 2 heterocycles. The van der Waals surface area contributed by atoms with Gasteiger partial charge in [0.25, 0.3) is 5.92 Å². The van der Waals surface area contributed by atoms with Crippen molar-refractivity contribution in [2.75, 3.05) is 26.2 Å². The summed E-state index contributed by atoms with van der Waals surface area (Å²) in [6.45, 7) is 8.77. The molecule has 0 aromatic carbocycles. The Morgan fingerprint density at radius 1 is 1.30 bits per heavy atom. The lowest BCUT2D eigenvalue weighted by molar-refractivity contribution is -0.150. The Balaban J connectivity index is 1.70. The van der Waals surface area contributed by atoms with Crippen LogP contribution < -0.4 is 0 Å². The van der Waals surface area contributed by atoms with Gasteiger partial charge in [-0.25, -0.2) is 13.6 Å². The molecule has 0 radical (unpaired) electrons. The molecule has 0 aromatic heterocycles. The fourth-order valence-electron chi connectivity index (χ4n) is 4.10. The van der Waals surface area contributed by atoms with E-state index >= 15 is 0 Å². The van der Waals surface area contributed by atoms with Crippen LogP contribution in [-0.2, 0) is 14.3 Å². The molecule has 0 aromatic rings. The minimum Gasteiger partial charge on any atom is -0.461 e. The van der Waals surface area contributed by atoms with Crippen LogP contribution in [0.1, 0.15) is 40.0 Å². The van der Waals surface area contributed by atoms with Crippen LogP contribution in [0.25, 0.3) is 0 Å². The Bertz CT molecular complexity index is 628. The highest BCUT2D eigenvalue weighted by Crippen LogP contribution is 2.50. The van der Waals surface area contributed by atoms with Crippen molar-refractivity contribution in [2.24, 2.45) is 5.41 Å². The van der Waals surface area contributed by atoms with Gasteiger partial charge in [-0.2, -0.15) is 0 Å². The molecule has 6 nitrogen and oxygen atoms in total. The first-order valence-electron chi connectivity index (χ1n) is 9.39. The van der Waals surface area contributed by atoms with Gasteiger partial charge < -0.3 is 9.47 Å². The van der Waals surface area contributed by atoms with Crippen LogP contribution in [-0.4, -0.2) is 71.7 Å². The number of esters is 1. The summed E-state index contributed by atoms with van der Waals surface area (Å²) in [5.41, 5.74) is -1.44. The third-order valence-electron chi connectivity index (χ3n) is 5.44. The van der Waals surface area contributed by atoms with E-state index in [-0.39, 0.29) is 19.1 Å². The number of alkyl halides is 2. The van der Waals surface area contributed by atoms with E-state index in [1.54, 1.807) is 25.7 Å². The Hall–Kier alpha value is -1.70. The minimum absolute atomic E-state index is 0.120. The lowest BCUT2D eigenvalue weighted by atomic mass is 10.0. The average Bonchev–Trinajstić information content (AvgIpc) is 3.11. The molecule has 1 amide bonds. The first-order chi connectivity index (χ1) is 12.5. The van der Waals surface area contributed by atoms with E-state index in [2.05, 4.69) is 6.58 Å². The maximum absolute atomic E-state index is 14.8. The molecule has 2 atom stereocenters. The number of rotatable bonds is 5. The quantitative estimate of drug-likeness (QED) is 0.537. The fraction of sp³-hybridized carbons (Fsp3) is 0.789. The van der Waals surface area contributed by atoms with Gasteiger partial charge in [-0.3, -0.25) is 14.6 Å². The van der Waals surface area contributed by atoms with Gasteiger partial charge in [0.05, 0.1) is 24.0 Å². The second-order valence-corrected chi connectivity index (χ2v) is 8.81. The summed E-state index contributed by atoms with van der Waals surface area (Å²) in [5, 5.41) is 0. The fourth-order valence-corrected chi connectivity index (χ4v) is 4.10. The van der Waals surface area contributed by atoms with Crippen molar-refractivity contribution in [1.82, 2.24) is 9.80 Å². The summed E-state index contributed by atoms with van der Waals surface area (Å²) in [6.07, 6.45) is 2.50. The molecule has 0 N–H and O–H groups in total. The van der Waals surface area contributed by atoms with Crippen LogP contribution in [0.5, 0.6) is 0 Å². The molecule has 0 bridgehead atoms. The van der Waals surface area contributed by atoms with E-state index in [0.717, 1.165) is 4.90 Å². The van der Waals surface area contributed by atoms with Crippen molar-refractivity contribution in [1.29, 1.82) is 0 Å². The number of amides is 1. The van der Waals surface area contributed by atoms with Crippen LogP contribution >= 0.6 is 0 Å². The standard InChI is InChI=1S/C19H28F2N2O4/c1-5-10-26-15(24)18(7-8-18)11-22-9-6-13-14(22)19(20,21)12-23(13)16(25)27-17(2,3)4/h5,13-14H,1,6-12H2,2-4H3/t13-,14+/m0/s1. The summed E-state index contributed by atoms with van der Waals surface area (Å²) in [5.74, 6) is -3.39. The molecule has 27 heavy (non-hydrogen) atoms. The maximum Gasteiger partial charge on any atom is 0.410 e. The largest absolute Gasteiger partial charge is 0.461 e. The summed E-state index contributed by atoms with van der Waals surface area (Å²) in [7, 11) is 0. The van der Waals surface area contributed by atoms with Gasteiger partial charge in [0.15, 0.2) is 0 Å². The summed E-state index contributed by atoms with van der Waals surface area (Å²) in [4.78, 5) is 27.5. The molecule has 2 aliphatic heterocycles. The smallest absolute Gasteiger partial charge is 0.410 e. The summed E-state index contributed by atoms with van der Waals surface area (Å²) >= 11 is 0. The zero-order chi connectivity index (χ0) is 20.0. The molecule has 1 saturated carbocycles. The monoisotopic (exact) mass is 386 g/mol. The Morgan fingerprint density at radius 3 is 2.52 bits per heavy atom. The highest BCUT2D eigenvalue weighted by Gasteiger charge is 2.63. The Morgan fingerprint density at radius 2 is 1.96 bits per heavy atom. The zero-order valence-electron chi connectivity index (χ0n) is 16.2. The Labute approximate surface area is 158 Å². The number of carbonyl (C=O) groups excluding carboxylic acids is 2. The first kappa shape index (κ1) is 20.0. The third kappa shape index (κ3) is 3.95. The molecule has 152 valence electrons. The average molecular weight is 386 g/mol. The van der Waals surface area contributed by atoms with E-state index in [1.165, 1.54) is 6.08 Å². The van der Waals surface area contributed by atoms with Crippen LogP contribution in [0.3, 0.4) is 0 Å². The second-order valence-electron chi connectivity index (χ2n) is 8.81. The molecule has 0 spiro atoms. The van der Waals surface area contributed by atoms with E-state index in [9.17, 15) is 18.4 Å².